The van der Waals surface area contributed by atoms with Crippen molar-refractivity contribution in [2.75, 3.05) is 26.0 Å². The zero-order valence-electron chi connectivity index (χ0n) is 11.9. The third-order valence-corrected chi connectivity index (χ3v) is 5.97. The molecule has 2 heterocycles. The van der Waals surface area contributed by atoms with Gasteiger partial charge in [-0.15, -0.1) is 0 Å². The van der Waals surface area contributed by atoms with Crippen molar-refractivity contribution in [2.45, 2.75) is 50.7 Å². The molecule has 2 aliphatic rings. The second kappa shape index (κ2) is 6.87. The van der Waals surface area contributed by atoms with Gasteiger partial charge in [0.25, 0.3) is 0 Å². The van der Waals surface area contributed by atoms with E-state index in [9.17, 15) is 13.2 Å². The molecule has 0 aromatic heterocycles. The van der Waals surface area contributed by atoms with Crippen molar-refractivity contribution in [3.8, 4) is 0 Å². The van der Waals surface area contributed by atoms with Gasteiger partial charge >= 0.3 is 5.97 Å². The number of hydrogen-bond acceptors (Lipinski definition) is 5. The van der Waals surface area contributed by atoms with Crippen LogP contribution in [0.3, 0.4) is 0 Å². The molecule has 2 aliphatic heterocycles. The van der Waals surface area contributed by atoms with Crippen molar-refractivity contribution >= 4 is 16.0 Å². The van der Waals surface area contributed by atoms with E-state index in [1.54, 1.807) is 0 Å². The van der Waals surface area contributed by atoms with Gasteiger partial charge in [0.05, 0.1) is 25.4 Å². The number of piperidine rings is 1. The van der Waals surface area contributed by atoms with Crippen LogP contribution in [0.2, 0.25) is 0 Å². The number of nitrogens with zero attached hydrogens (tertiary/aromatic N) is 1. The smallest absolute Gasteiger partial charge is 0.307 e. The average molecular weight is 305 g/mol. The number of hydrogen-bond donors (Lipinski definition) is 0. The fourth-order valence-corrected chi connectivity index (χ4v) is 4.89. The van der Waals surface area contributed by atoms with E-state index in [-0.39, 0.29) is 30.3 Å². The lowest BCUT2D eigenvalue weighted by molar-refractivity contribution is -0.141. The Morgan fingerprint density at radius 1 is 1.30 bits per heavy atom. The van der Waals surface area contributed by atoms with Crippen LogP contribution in [0.4, 0.5) is 0 Å². The molecule has 0 radical (unpaired) electrons. The van der Waals surface area contributed by atoms with Gasteiger partial charge in [-0.3, -0.25) is 4.79 Å². The summed E-state index contributed by atoms with van der Waals surface area (Å²) >= 11 is 0. The summed E-state index contributed by atoms with van der Waals surface area (Å²) in [5.74, 6) is -0.320. The van der Waals surface area contributed by atoms with Crippen molar-refractivity contribution in [1.29, 1.82) is 0 Å². The Morgan fingerprint density at radius 3 is 2.75 bits per heavy atom. The molecule has 2 saturated heterocycles. The summed E-state index contributed by atoms with van der Waals surface area (Å²) in [6, 6.07) is -0.261. The summed E-state index contributed by atoms with van der Waals surface area (Å²) in [6.45, 7) is 1.14. The van der Waals surface area contributed by atoms with Crippen LogP contribution in [0.1, 0.15) is 38.5 Å². The number of carbonyl (C=O) groups is 1. The van der Waals surface area contributed by atoms with E-state index in [0.29, 0.717) is 13.2 Å². The Balaban J connectivity index is 2.03. The molecule has 0 spiro atoms. The Morgan fingerprint density at radius 2 is 2.10 bits per heavy atom. The van der Waals surface area contributed by atoms with Gasteiger partial charge in [-0.2, -0.15) is 4.31 Å². The molecule has 2 rings (SSSR count). The van der Waals surface area contributed by atoms with E-state index in [1.165, 1.54) is 11.4 Å². The molecular formula is C13H23NO5S. The molecule has 116 valence electrons. The van der Waals surface area contributed by atoms with Gasteiger partial charge in [-0.1, -0.05) is 6.42 Å². The second-order valence-corrected chi connectivity index (χ2v) is 7.42. The molecule has 0 bridgehead atoms. The molecule has 2 fully saturated rings. The number of esters is 1. The molecule has 6 nitrogen and oxygen atoms in total. The topological polar surface area (TPSA) is 72.9 Å². The number of carbonyl (C=O) groups excluding carboxylic acids is 1. The summed E-state index contributed by atoms with van der Waals surface area (Å²) in [5.41, 5.74) is 0. The lowest BCUT2D eigenvalue weighted by atomic mass is 10.0. The first-order valence-electron chi connectivity index (χ1n) is 7.21. The maximum absolute atomic E-state index is 12.5. The van der Waals surface area contributed by atoms with E-state index in [4.69, 9.17) is 4.74 Å². The summed E-state index contributed by atoms with van der Waals surface area (Å²) in [4.78, 5) is 11.4. The first kappa shape index (κ1) is 15.7. The van der Waals surface area contributed by atoms with Crippen LogP contribution in [0, 0.1) is 0 Å². The minimum atomic E-state index is -3.37. The molecule has 0 saturated carbocycles. The van der Waals surface area contributed by atoms with Gasteiger partial charge in [0, 0.05) is 19.2 Å². The predicted octanol–water partition coefficient (Wildman–Crippen LogP) is 0.913. The van der Waals surface area contributed by atoms with Crippen molar-refractivity contribution < 1.29 is 22.7 Å². The molecule has 0 aromatic carbocycles. The molecule has 7 heteroatoms. The molecule has 20 heavy (non-hydrogen) atoms. The second-order valence-electron chi connectivity index (χ2n) is 5.45. The standard InChI is InChI=1S/C13H23NO5S/c1-18-13(15)9-11-5-2-3-7-14(11)20(16,17)10-12-6-4-8-19-12/h11-12H,2-10H2,1H3. The van der Waals surface area contributed by atoms with Gasteiger partial charge in [0.2, 0.25) is 10.0 Å². The van der Waals surface area contributed by atoms with E-state index in [0.717, 1.165) is 32.1 Å². The van der Waals surface area contributed by atoms with Gasteiger partial charge in [0.1, 0.15) is 0 Å². The molecular weight excluding hydrogens is 282 g/mol. The van der Waals surface area contributed by atoms with Crippen molar-refractivity contribution in [2.24, 2.45) is 0 Å². The minimum Gasteiger partial charge on any atom is -0.469 e. The lowest BCUT2D eigenvalue weighted by Crippen LogP contribution is -2.47. The summed E-state index contributed by atoms with van der Waals surface area (Å²) in [7, 11) is -2.04. The average Bonchev–Trinajstić information content (AvgIpc) is 2.91. The quantitative estimate of drug-likeness (QED) is 0.706. The normalized spacial score (nSPS) is 28.4. The van der Waals surface area contributed by atoms with Gasteiger partial charge in [0.15, 0.2) is 0 Å². The van der Waals surface area contributed by atoms with Crippen molar-refractivity contribution in [3.05, 3.63) is 0 Å². The highest BCUT2D eigenvalue weighted by atomic mass is 32.2. The zero-order valence-corrected chi connectivity index (χ0v) is 12.7. The van der Waals surface area contributed by atoms with Crippen LogP contribution < -0.4 is 0 Å². The zero-order chi connectivity index (χ0) is 14.6. The Bertz CT molecular complexity index is 430. The predicted molar refractivity (Wildman–Crippen MR) is 73.7 cm³/mol. The maximum Gasteiger partial charge on any atom is 0.307 e. The van der Waals surface area contributed by atoms with Crippen molar-refractivity contribution in [1.82, 2.24) is 4.31 Å². The van der Waals surface area contributed by atoms with Gasteiger partial charge in [-0.25, -0.2) is 8.42 Å². The van der Waals surface area contributed by atoms with Crippen molar-refractivity contribution in [3.63, 3.8) is 0 Å². The van der Waals surface area contributed by atoms with Gasteiger partial charge < -0.3 is 9.47 Å². The Labute approximate surface area is 120 Å². The summed E-state index contributed by atoms with van der Waals surface area (Å²) in [6.07, 6.45) is 4.19. The maximum atomic E-state index is 12.5. The van der Waals surface area contributed by atoms with Crippen LogP contribution in [0.25, 0.3) is 0 Å². The van der Waals surface area contributed by atoms with E-state index in [1.807, 2.05) is 0 Å². The monoisotopic (exact) mass is 305 g/mol. The molecule has 0 N–H and O–H groups in total. The first-order valence-corrected chi connectivity index (χ1v) is 8.82. The lowest BCUT2D eigenvalue weighted by Gasteiger charge is -2.34. The van der Waals surface area contributed by atoms with E-state index in [2.05, 4.69) is 4.74 Å². The highest BCUT2D eigenvalue weighted by Crippen LogP contribution is 2.25. The number of sulfonamides is 1. The van der Waals surface area contributed by atoms with Crippen LogP contribution in [0.5, 0.6) is 0 Å². The molecule has 0 aliphatic carbocycles. The third kappa shape index (κ3) is 3.93. The van der Waals surface area contributed by atoms with E-state index < -0.39 is 10.0 Å². The van der Waals surface area contributed by atoms with Crippen LogP contribution >= 0.6 is 0 Å². The number of ether oxygens (including phenoxy) is 2. The molecule has 0 aromatic rings. The van der Waals surface area contributed by atoms with Gasteiger partial charge in [-0.05, 0) is 25.7 Å². The van der Waals surface area contributed by atoms with Crippen LogP contribution in [0.15, 0.2) is 0 Å². The SMILES string of the molecule is COC(=O)CC1CCCCN1S(=O)(=O)CC1CCCO1. The Hall–Kier alpha value is -0.660. The molecule has 2 unspecified atom stereocenters. The van der Waals surface area contributed by atoms with Crippen LogP contribution in [-0.2, 0) is 24.3 Å². The summed E-state index contributed by atoms with van der Waals surface area (Å²) < 4.78 is 36.6. The van der Waals surface area contributed by atoms with E-state index >= 15 is 0 Å². The number of rotatable bonds is 5. The highest BCUT2D eigenvalue weighted by molar-refractivity contribution is 7.89. The third-order valence-electron chi connectivity index (χ3n) is 3.98. The summed E-state index contributed by atoms with van der Waals surface area (Å²) in [5, 5.41) is 0. The molecule has 2 atom stereocenters. The fraction of sp³-hybridized carbons (Fsp3) is 0.923. The fourth-order valence-electron chi connectivity index (χ4n) is 2.93. The minimum absolute atomic E-state index is 0.0324. The Kier molecular flexibility index (Phi) is 5.40. The largest absolute Gasteiger partial charge is 0.469 e. The molecule has 0 amide bonds. The highest BCUT2D eigenvalue weighted by Gasteiger charge is 2.36. The first-order chi connectivity index (χ1) is 9.53. The number of methoxy groups -OCH3 is 1. The van der Waals surface area contributed by atoms with Crippen LogP contribution in [-0.4, -0.2) is 56.9 Å².